The third-order valence-electron chi connectivity index (χ3n) is 5.55. The first kappa shape index (κ1) is 17.2. The molecule has 0 aliphatic heterocycles. The van der Waals surface area contributed by atoms with Gasteiger partial charge in [-0.2, -0.15) is 0 Å². The molecule has 0 radical (unpaired) electrons. The topological polar surface area (TPSA) is 0 Å². The van der Waals surface area contributed by atoms with Crippen LogP contribution < -0.4 is 0 Å². The third kappa shape index (κ3) is 3.12. The Morgan fingerprint density at radius 1 is 0.714 bits per heavy atom. The van der Waals surface area contributed by atoms with E-state index in [0.717, 1.165) is 12.8 Å². The van der Waals surface area contributed by atoms with Crippen LogP contribution in [-0.4, -0.2) is 0 Å². The Labute approximate surface area is 170 Å². The average Bonchev–Trinajstić information content (AvgIpc) is 3.41. The van der Waals surface area contributed by atoms with Gasteiger partial charge in [-0.25, -0.2) is 0 Å². The molecule has 0 nitrogen and oxygen atoms in total. The largest absolute Gasteiger partial charge is 0.136 e. The molecule has 0 fully saturated rings. The molecule has 1 heterocycles. The van der Waals surface area contributed by atoms with Crippen LogP contribution in [0.4, 0.5) is 0 Å². The minimum atomic E-state index is 1.02. The summed E-state index contributed by atoms with van der Waals surface area (Å²) in [6.07, 6.45) is 4.50. The smallest absolute Gasteiger partial charge is 0.0349 e. The molecule has 1 aliphatic carbocycles. The SMILES string of the molecule is CCc1ccc(-c2cccc3c2C=C(c2ccc(-c4ccccc4)s2)C3)cc1. The van der Waals surface area contributed by atoms with Crippen LogP contribution in [0.5, 0.6) is 0 Å². The molecule has 1 aliphatic rings. The molecule has 1 aromatic heterocycles. The van der Waals surface area contributed by atoms with Gasteiger partial charge in [-0.05, 0) is 70.0 Å². The summed E-state index contributed by atoms with van der Waals surface area (Å²) in [4.78, 5) is 2.71. The Morgan fingerprint density at radius 2 is 1.50 bits per heavy atom. The molecule has 0 bridgehead atoms. The van der Waals surface area contributed by atoms with E-state index < -0.39 is 0 Å². The van der Waals surface area contributed by atoms with Crippen LogP contribution in [-0.2, 0) is 12.8 Å². The van der Waals surface area contributed by atoms with E-state index in [0.29, 0.717) is 0 Å². The van der Waals surface area contributed by atoms with E-state index in [9.17, 15) is 0 Å². The second-order valence-corrected chi connectivity index (χ2v) is 8.39. The summed E-state index contributed by atoms with van der Waals surface area (Å²) < 4.78 is 0. The standard InChI is InChI=1S/C27H22S/c1-2-19-11-13-20(14-12-19)24-10-6-9-22-17-23(18-25(22)24)27-16-15-26(28-27)21-7-4-3-5-8-21/h3-16,18H,2,17H2,1H3. The van der Waals surface area contributed by atoms with Crippen LogP contribution in [0.2, 0.25) is 0 Å². The van der Waals surface area contributed by atoms with Crippen molar-refractivity contribution in [3.8, 4) is 21.6 Å². The molecule has 0 saturated heterocycles. The van der Waals surface area contributed by atoms with Crippen molar-refractivity contribution in [2.24, 2.45) is 0 Å². The minimum Gasteiger partial charge on any atom is -0.136 e. The highest BCUT2D eigenvalue weighted by atomic mass is 32.1. The number of hydrogen-bond acceptors (Lipinski definition) is 1. The van der Waals surface area contributed by atoms with Gasteiger partial charge < -0.3 is 0 Å². The highest BCUT2D eigenvalue weighted by Gasteiger charge is 2.19. The Kier molecular flexibility index (Phi) is 4.46. The first-order valence-corrected chi connectivity index (χ1v) is 10.7. The molecule has 0 atom stereocenters. The quantitative estimate of drug-likeness (QED) is 0.341. The van der Waals surface area contributed by atoms with Crippen molar-refractivity contribution in [3.05, 3.63) is 106 Å². The summed E-state index contributed by atoms with van der Waals surface area (Å²) in [7, 11) is 0. The lowest BCUT2D eigenvalue weighted by atomic mass is 9.96. The summed E-state index contributed by atoms with van der Waals surface area (Å²) in [5, 5.41) is 0. The van der Waals surface area contributed by atoms with Gasteiger partial charge in [0.2, 0.25) is 0 Å². The van der Waals surface area contributed by atoms with Gasteiger partial charge in [-0.3, -0.25) is 0 Å². The van der Waals surface area contributed by atoms with E-state index in [1.165, 1.54) is 48.7 Å². The highest BCUT2D eigenvalue weighted by molar-refractivity contribution is 7.16. The van der Waals surface area contributed by atoms with Gasteiger partial charge in [0, 0.05) is 9.75 Å². The van der Waals surface area contributed by atoms with Crippen LogP contribution in [0, 0.1) is 0 Å². The summed E-state index contributed by atoms with van der Waals surface area (Å²) in [5.74, 6) is 0. The van der Waals surface area contributed by atoms with Crippen molar-refractivity contribution >= 4 is 23.0 Å². The van der Waals surface area contributed by atoms with Gasteiger partial charge in [0.05, 0.1) is 0 Å². The molecule has 3 aromatic carbocycles. The van der Waals surface area contributed by atoms with Gasteiger partial charge in [-0.1, -0.05) is 79.7 Å². The van der Waals surface area contributed by atoms with Gasteiger partial charge >= 0.3 is 0 Å². The molecule has 1 heteroatoms. The predicted octanol–water partition coefficient (Wildman–Crippen LogP) is 7.74. The zero-order valence-corrected chi connectivity index (χ0v) is 16.8. The van der Waals surface area contributed by atoms with Crippen LogP contribution >= 0.6 is 11.3 Å². The number of hydrogen-bond donors (Lipinski definition) is 0. The second kappa shape index (κ2) is 7.26. The van der Waals surface area contributed by atoms with Crippen molar-refractivity contribution in [1.29, 1.82) is 0 Å². The van der Waals surface area contributed by atoms with Crippen LogP contribution in [0.15, 0.2) is 84.9 Å². The number of thiophene rings is 1. The van der Waals surface area contributed by atoms with Gasteiger partial charge in [-0.15, -0.1) is 11.3 Å². The maximum atomic E-state index is 2.40. The van der Waals surface area contributed by atoms with E-state index in [2.05, 4.69) is 97.9 Å². The van der Waals surface area contributed by atoms with E-state index in [-0.39, 0.29) is 0 Å². The Morgan fingerprint density at radius 3 is 2.29 bits per heavy atom. The van der Waals surface area contributed by atoms with Gasteiger partial charge in [0.1, 0.15) is 0 Å². The Hall–Kier alpha value is -2.90. The Balaban J connectivity index is 1.50. The first-order valence-electron chi connectivity index (χ1n) is 9.89. The fourth-order valence-electron chi connectivity index (χ4n) is 3.97. The second-order valence-electron chi connectivity index (χ2n) is 7.31. The number of rotatable bonds is 4. The molecule has 0 spiro atoms. The van der Waals surface area contributed by atoms with Crippen LogP contribution in [0.25, 0.3) is 33.2 Å². The van der Waals surface area contributed by atoms with Gasteiger partial charge in [0.25, 0.3) is 0 Å². The van der Waals surface area contributed by atoms with E-state index in [1.807, 2.05) is 11.3 Å². The number of fused-ring (bicyclic) bond motifs is 1. The Bertz CT molecular complexity index is 1140. The lowest BCUT2D eigenvalue weighted by Gasteiger charge is -2.08. The molecule has 0 unspecified atom stereocenters. The number of benzene rings is 3. The van der Waals surface area contributed by atoms with E-state index in [4.69, 9.17) is 0 Å². The summed E-state index contributed by atoms with van der Waals surface area (Å²) >= 11 is 1.89. The number of allylic oxidation sites excluding steroid dienone is 1. The maximum Gasteiger partial charge on any atom is 0.0349 e. The van der Waals surface area contributed by atoms with E-state index in [1.54, 1.807) is 0 Å². The normalized spacial score (nSPS) is 12.7. The summed E-state index contributed by atoms with van der Waals surface area (Å²) in [6.45, 7) is 2.20. The zero-order chi connectivity index (χ0) is 18.9. The lowest BCUT2D eigenvalue weighted by Crippen LogP contribution is -1.88. The molecule has 0 saturated carbocycles. The highest BCUT2D eigenvalue weighted by Crippen LogP contribution is 2.41. The molecule has 136 valence electrons. The summed E-state index contributed by atoms with van der Waals surface area (Å²) in [5.41, 5.74) is 9.58. The molecule has 28 heavy (non-hydrogen) atoms. The van der Waals surface area contributed by atoms with Gasteiger partial charge in [0.15, 0.2) is 0 Å². The molecular weight excluding hydrogens is 356 g/mol. The molecular formula is C27H22S. The third-order valence-corrected chi connectivity index (χ3v) is 6.76. The van der Waals surface area contributed by atoms with Crippen LogP contribution in [0.3, 0.4) is 0 Å². The summed E-state index contributed by atoms with van der Waals surface area (Å²) in [6, 6.07) is 30.9. The number of aryl methyl sites for hydroxylation is 1. The molecule has 0 N–H and O–H groups in total. The van der Waals surface area contributed by atoms with Crippen LogP contribution in [0.1, 0.15) is 28.5 Å². The maximum absolute atomic E-state index is 2.40. The molecule has 0 amide bonds. The van der Waals surface area contributed by atoms with Crippen molar-refractivity contribution in [3.63, 3.8) is 0 Å². The molecule has 4 aromatic rings. The fourth-order valence-corrected chi connectivity index (χ4v) is 4.99. The van der Waals surface area contributed by atoms with Crippen molar-refractivity contribution < 1.29 is 0 Å². The van der Waals surface area contributed by atoms with Crippen molar-refractivity contribution in [1.82, 2.24) is 0 Å². The van der Waals surface area contributed by atoms with E-state index >= 15 is 0 Å². The van der Waals surface area contributed by atoms with Crippen molar-refractivity contribution in [2.45, 2.75) is 19.8 Å². The fraction of sp³-hybridized carbons (Fsp3) is 0.111. The monoisotopic (exact) mass is 378 g/mol. The zero-order valence-electron chi connectivity index (χ0n) is 16.0. The average molecular weight is 379 g/mol. The molecule has 5 rings (SSSR count). The first-order chi connectivity index (χ1) is 13.8. The minimum absolute atomic E-state index is 1.02. The predicted molar refractivity (Wildman–Crippen MR) is 123 cm³/mol. The lowest BCUT2D eigenvalue weighted by molar-refractivity contribution is 1.14. The van der Waals surface area contributed by atoms with Crippen molar-refractivity contribution in [2.75, 3.05) is 0 Å².